The summed E-state index contributed by atoms with van der Waals surface area (Å²) in [5.74, 6) is 3.71. The molecule has 1 fully saturated rings. The molecule has 0 unspecified atom stereocenters. The van der Waals surface area contributed by atoms with Crippen LogP contribution >= 0.6 is 123 Å². The van der Waals surface area contributed by atoms with Gasteiger partial charge in [-0.3, -0.25) is 0 Å². The highest BCUT2D eigenvalue weighted by Gasteiger charge is 2.54. The fraction of sp³-hybridized carbons (Fsp3) is 0.426. The number of ether oxygens (including phenoxy) is 4. The van der Waals surface area contributed by atoms with Gasteiger partial charge in [0.2, 0.25) is 17.6 Å². The first-order valence-corrected chi connectivity index (χ1v) is 43.5. The van der Waals surface area contributed by atoms with Crippen LogP contribution in [0.25, 0.3) is 0 Å². The number of hydrogen-bond acceptors (Lipinski definition) is 15. The Morgan fingerprint density at radius 1 is 0.442 bits per heavy atom. The highest BCUT2D eigenvalue weighted by atomic mass is 79.9. The van der Waals surface area contributed by atoms with Crippen LogP contribution in [-0.4, -0.2) is 361 Å². The van der Waals surface area contributed by atoms with Gasteiger partial charge in [0.15, 0.2) is 19.7 Å². The molecule has 34 radical (unpaired) electrons. The summed E-state index contributed by atoms with van der Waals surface area (Å²) in [6, 6.07) is 25.4. The van der Waals surface area contributed by atoms with Crippen molar-refractivity contribution in [3.8, 4) is 29.1 Å². The largest absolute Gasteiger partial charge is 0.508 e. The van der Waals surface area contributed by atoms with Gasteiger partial charge in [0.25, 0.3) is 0 Å². The first kappa shape index (κ1) is 107. The van der Waals surface area contributed by atoms with Gasteiger partial charge in [0.05, 0.1) is 35.9 Å². The van der Waals surface area contributed by atoms with E-state index in [1.165, 1.54) is 12.5 Å². The number of phenolic OH excluding ortho intramolecular Hbond substituents is 1. The van der Waals surface area contributed by atoms with E-state index in [0.717, 1.165) is 57.5 Å². The van der Waals surface area contributed by atoms with Crippen molar-refractivity contribution in [3.05, 3.63) is 121 Å². The van der Waals surface area contributed by atoms with E-state index in [1.54, 1.807) is 72.8 Å². The van der Waals surface area contributed by atoms with E-state index in [-0.39, 0.29) is 32.1 Å². The van der Waals surface area contributed by atoms with Gasteiger partial charge in [-0.05, 0) is 133 Å². The quantitative estimate of drug-likeness (QED) is 0.0363. The molecule has 14 nitrogen and oxygen atoms in total. The SMILES string of the molecule is BrCCBr.BrCCOc1ccc(Br)cn1.C.CC1(C)OB(c2ccc(OCCS(C)(=O)=O)nc2)OC1(C)C.CS(=O)(=O)CCOc1ccc(Br)cn1.CSCCOc1ccc(Br)cc1.Oc1ccc(Br)cc1.[B]B([B])B([B])B(B([B])[B])B(B(B([B])[B])B([B])[B])B(B(B([B])[B])B([B])[B])B(B([B])[B])B([B])[B]. The fourth-order valence-electron chi connectivity index (χ4n) is 9.32. The van der Waals surface area contributed by atoms with Crippen LogP contribution in [0.1, 0.15) is 35.1 Å². The van der Waals surface area contributed by atoms with Crippen LogP contribution in [0.5, 0.6) is 29.1 Å². The molecule has 0 aliphatic carbocycles. The molecule has 3 aromatic heterocycles. The van der Waals surface area contributed by atoms with Crippen molar-refractivity contribution in [2.24, 2.45) is 0 Å². The minimum absolute atomic E-state index is 0. The highest BCUT2D eigenvalue weighted by Crippen LogP contribution is 2.36. The molecule has 0 saturated carbocycles. The third kappa shape index (κ3) is 44.9. The molecule has 5 aromatic rings. The lowest BCUT2D eigenvalue weighted by atomic mass is 8.30. The Hall–Kier alpha value is 0.563. The second-order valence-electron chi connectivity index (χ2n) is 24.0. The lowest BCUT2D eigenvalue weighted by Crippen LogP contribution is -2.89. The molecule has 0 bridgehead atoms. The van der Waals surface area contributed by atoms with Gasteiger partial charge in [0.1, 0.15) is 24.7 Å². The average Bonchev–Trinajstić information content (AvgIpc) is 0.991. The van der Waals surface area contributed by atoms with Gasteiger partial charge in [-0.2, -0.15) is 11.8 Å². The van der Waals surface area contributed by atoms with Crippen molar-refractivity contribution in [2.75, 3.05) is 78.4 Å². The van der Waals surface area contributed by atoms with E-state index < -0.39 is 134 Å². The number of thioether (sulfide) groups is 1. The first-order chi connectivity index (χ1) is 47.8. The van der Waals surface area contributed by atoms with Crippen LogP contribution in [0, 0.1) is 0 Å². The number of sulfone groups is 2. The number of alkyl halides is 3. The van der Waals surface area contributed by atoms with Crippen molar-refractivity contribution >= 4 is 383 Å². The second-order valence-corrected chi connectivity index (χ2v) is 35.5. The number of halogens is 7. The number of pyridine rings is 3. The molecule has 4 heterocycles. The van der Waals surface area contributed by atoms with E-state index in [1.807, 2.05) is 70.2 Å². The summed E-state index contributed by atoms with van der Waals surface area (Å²) < 4.78 is 80.5. The minimum atomic E-state index is -3.03. The smallest absolute Gasteiger partial charge is 0.496 e. The highest BCUT2D eigenvalue weighted by molar-refractivity contribution is 9.12. The van der Waals surface area contributed by atoms with Gasteiger partial charge in [-0.1, -0.05) is 93.1 Å². The summed E-state index contributed by atoms with van der Waals surface area (Å²) in [4.78, 5) is 12.1. The van der Waals surface area contributed by atoms with Gasteiger partial charge < -0.3 is 33.4 Å². The number of phenols is 1. The third-order valence-corrected chi connectivity index (χ3v) is 21.5. The third-order valence-electron chi connectivity index (χ3n) is 14.9. The lowest BCUT2D eigenvalue weighted by Gasteiger charge is -2.51. The van der Waals surface area contributed by atoms with E-state index in [2.05, 4.69) is 133 Å². The molecule has 1 N–H and O–H groups in total. The predicted molar refractivity (Wildman–Crippen MR) is 506 cm³/mol. The van der Waals surface area contributed by atoms with Crippen molar-refractivity contribution in [1.29, 1.82) is 0 Å². The molecule has 498 valence electrons. The number of hydrogen-bond donors (Lipinski definition) is 1. The maximum absolute atomic E-state index is 11.0. The molecule has 0 amide bonds. The standard InChI is InChI=1S/C14H22BNO5S.C9H11BrOS.C8H10BrNO3S.C7H7Br2NO.C6H5BrO.C2H4Br2.CH4.B32/c1-13(2)14(3,4)21-15(20-13)11-6-7-12(16-10-11)19-8-9-22(5,17)18;1-12-7-6-11-9-4-2-8(10)3-5-9;1-14(11,12)5-4-13-8-3-2-7(9)6-10-8;8-3-4-11-7-2-1-6(9)5-10-7;7-5-1-3-6(8)4-2-5;3-1-2-4;;1-18(2)26(17)30(25(15)16)32(29(23(11)12)24(13)14)31(27(19(3)4)20(5)6)28(21(7)8)22(9)10/h6-7,10H,8-9H2,1-5H3;2-5H,6-7H2,1H3;2-3,6H,4-5H2,1H3;1-2,5H,3-4H2;1-4,8H;1-2H2;1H4;. The molecule has 6 rings (SSSR count). The Bertz CT molecular complexity index is 3220. The fourth-order valence-corrected chi connectivity index (χ4v) is 11.5. The van der Waals surface area contributed by atoms with E-state index in [4.69, 9.17) is 165 Å². The lowest BCUT2D eigenvalue weighted by molar-refractivity contribution is 0.00578. The molecule has 57 heteroatoms. The minimum Gasteiger partial charge on any atom is -0.508 e. The van der Waals surface area contributed by atoms with E-state index >= 15 is 0 Å². The molecule has 104 heavy (non-hydrogen) atoms. The predicted octanol–water partition coefficient (Wildman–Crippen LogP) is 0.262. The van der Waals surface area contributed by atoms with Crippen LogP contribution in [0.15, 0.2) is 121 Å². The Morgan fingerprint density at radius 3 is 1.05 bits per heavy atom. The molecule has 1 aliphatic rings. The average molecular weight is 1860 g/mol. The Kier molecular flexibility index (Phi) is 57.3. The van der Waals surface area contributed by atoms with Crippen LogP contribution < -0.4 is 24.4 Å². The Morgan fingerprint density at radius 2 is 0.769 bits per heavy atom. The van der Waals surface area contributed by atoms with E-state index in [0.29, 0.717) is 30.0 Å². The Balaban J connectivity index is 0. The first-order valence-electron chi connectivity index (χ1n) is 31.4. The van der Waals surface area contributed by atoms with Crippen molar-refractivity contribution < 1.29 is 50.2 Å². The maximum Gasteiger partial charge on any atom is 0.496 e. The van der Waals surface area contributed by atoms with Gasteiger partial charge >= 0.3 is 7.12 Å². The zero-order chi connectivity index (χ0) is 79.2. The second kappa shape index (κ2) is 55.9. The van der Waals surface area contributed by atoms with Crippen molar-refractivity contribution in [2.45, 2.75) is 46.3 Å². The summed E-state index contributed by atoms with van der Waals surface area (Å²) in [6.45, 7) is 9.60. The van der Waals surface area contributed by atoms with Gasteiger partial charge in [0, 0.05) is 316 Å². The zero-order valence-corrected chi connectivity index (χ0v) is 72.2. The monoisotopic (exact) mass is 1860 g/mol. The van der Waals surface area contributed by atoms with Crippen LogP contribution in [0.2, 0.25) is 0 Å². The molecular weight excluding hydrogens is 1790 g/mol. The summed E-state index contributed by atoms with van der Waals surface area (Å²) in [5, 5.41) is 11.7. The molecule has 1 saturated heterocycles. The van der Waals surface area contributed by atoms with Crippen molar-refractivity contribution in [1.82, 2.24) is 15.0 Å². The normalized spacial score (nSPS) is 11.8. The molecule has 0 atom stereocenters. The molecule has 0 spiro atoms. The zero-order valence-electron chi connectivity index (χ0n) is 58.7. The van der Waals surface area contributed by atoms with Crippen LogP contribution in [0.4, 0.5) is 0 Å². The van der Waals surface area contributed by atoms with Gasteiger partial charge in [-0.15, -0.1) is 0 Å². The summed E-state index contributed by atoms with van der Waals surface area (Å²) in [7, 11) is 96.7. The van der Waals surface area contributed by atoms with Crippen LogP contribution in [0.3, 0.4) is 0 Å². The summed E-state index contributed by atoms with van der Waals surface area (Å²) >= 11 is 24.6. The molecular formula is C47H63B33Br7N3O11S3. The van der Waals surface area contributed by atoms with E-state index in [9.17, 15) is 16.8 Å². The topological polar surface area (TPSA) is 183 Å². The maximum atomic E-state index is 11.0. The number of nitrogens with zero attached hydrogens (tertiary/aromatic N) is 3. The van der Waals surface area contributed by atoms with Crippen molar-refractivity contribution in [3.63, 3.8) is 0 Å². The van der Waals surface area contributed by atoms with Gasteiger partial charge in [-0.25, -0.2) is 31.8 Å². The van der Waals surface area contributed by atoms with Crippen LogP contribution in [-0.2, 0) is 29.0 Å². The number of benzene rings is 2. The molecule has 2 aromatic carbocycles. The summed E-state index contributed by atoms with van der Waals surface area (Å²) in [5.41, 5.74) is -0.000841. The summed E-state index contributed by atoms with van der Waals surface area (Å²) in [6.07, 6.45) is -5.82. The number of aromatic hydroxyl groups is 1. The Labute approximate surface area is 715 Å². The number of rotatable bonds is 31. The number of aromatic nitrogens is 3. The molecule has 1 aliphatic heterocycles.